The number of nitrogens with zero attached hydrogens (tertiary/aromatic N) is 3. The molecule has 0 aliphatic rings. The van der Waals surface area contributed by atoms with E-state index in [0.29, 0.717) is 6.61 Å². The van der Waals surface area contributed by atoms with Gasteiger partial charge in [-0.3, -0.25) is 0 Å². The fourth-order valence-electron chi connectivity index (χ4n) is 2.49. The largest absolute Gasteiger partial charge is 0.486 e. The van der Waals surface area contributed by atoms with E-state index in [-0.39, 0.29) is 0 Å². The average molecular weight is 347 g/mol. The van der Waals surface area contributed by atoms with Gasteiger partial charge in [0.25, 0.3) is 0 Å². The van der Waals surface area contributed by atoms with Gasteiger partial charge in [0.1, 0.15) is 23.2 Å². The van der Waals surface area contributed by atoms with Crippen LogP contribution in [0.15, 0.2) is 60.9 Å². The van der Waals surface area contributed by atoms with Gasteiger partial charge in [-0.2, -0.15) is 0 Å². The van der Waals surface area contributed by atoms with Crippen molar-refractivity contribution in [3.8, 4) is 5.75 Å². The monoisotopic (exact) mass is 347 g/mol. The summed E-state index contributed by atoms with van der Waals surface area (Å²) in [5.41, 5.74) is 2.16. The second-order valence-electron chi connectivity index (χ2n) is 5.67. The van der Waals surface area contributed by atoms with Crippen LogP contribution in [0, 0.1) is 0 Å². The van der Waals surface area contributed by atoms with E-state index >= 15 is 0 Å². The Labute approximate surface area is 150 Å². The Kier molecular flexibility index (Phi) is 4.31. The number of rotatable bonds is 5. The van der Waals surface area contributed by atoms with Crippen LogP contribution in [0.2, 0.25) is 0 Å². The molecular formula is C20H17N3OS. The third kappa shape index (κ3) is 3.61. The van der Waals surface area contributed by atoms with Crippen molar-refractivity contribution < 1.29 is 4.74 Å². The van der Waals surface area contributed by atoms with Crippen LogP contribution in [0.3, 0.4) is 0 Å². The molecule has 2 aromatic heterocycles. The summed E-state index contributed by atoms with van der Waals surface area (Å²) >= 11 is 1.70. The number of para-hydroxylation sites is 1. The summed E-state index contributed by atoms with van der Waals surface area (Å²) in [6.45, 7) is 0.463. The number of benzene rings is 2. The molecule has 0 spiro atoms. The minimum atomic E-state index is 0.463. The molecule has 0 amide bonds. The lowest BCUT2D eigenvalue weighted by atomic mass is 10.2. The standard InChI is InChI=1S/C20H17N3OS/c1-23-13-12-21-19(23)14-24-16-9-6-15(7-10-16)8-11-20-22-17-4-2-3-5-18(17)25-20/h2-13H,14H2,1H3. The molecule has 0 saturated carbocycles. The van der Waals surface area contributed by atoms with Crippen molar-refractivity contribution in [1.82, 2.24) is 14.5 Å². The number of aromatic nitrogens is 3. The zero-order chi connectivity index (χ0) is 17.1. The third-order valence-electron chi connectivity index (χ3n) is 3.90. The van der Waals surface area contributed by atoms with Crippen LogP contribution >= 0.6 is 11.3 Å². The summed E-state index contributed by atoms with van der Waals surface area (Å²) < 4.78 is 8.93. The zero-order valence-electron chi connectivity index (χ0n) is 13.8. The highest BCUT2D eigenvalue weighted by atomic mass is 32.1. The van der Waals surface area contributed by atoms with Crippen LogP contribution < -0.4 is 4.74 Å². The summed E-state index contributed by atoms with van der Waals surface area (Å²) in [5, 5.41) is 1.01. The average Bonchev–Trinajstić information content (AvgIpc) is 3.24. The Morgan fingerprint density at radius 2 is 1.92 bits per heavy atom. The zero-order valence-corrected chi connectivity index (χ0v) is 14.6. The molecule has 124 valence electrons. The lowest BCUT2D eigenvalue weighted by molar-refractivity contribution is 0.292. The van der Waals surface area contributed by atoms with E-state index in [1.165, 1.54) is 4.70 Å². The van der Waals surface area contributed by atoms with E-state index in [1.807, 2.05) is 60.3 Å². The van der Waals surface area contributed by atoms with Crippen molar-refractivity contribution in [3.63, 3.8) is 0 Å². The lowest BCUT2D eigenvalue weighted by Gasteiger charge is -2.06. The Morgan fingerprint density at radius 3 is 2.68 bits per heavy atom. The first-order valence-electron chi connectivity index (χ1n) is 8.01. The molecule has 0 atom stereocenters. The lowest BCUT2D eigenvalue weighted by Crippen LogP contribution is -2.02. The fraction of sp³-hybridized carbons (Fsp3) is 0.100. The highest BCUT2D eigenvalue weighted by Crippen LogP contribution is 2.23. The quantitative estimate of drug-likeness (QED) is 0.522. The number of hydrogen-bond donors (Lipinski definition) is 0. The smallest absolute Gasteiger partial charge is 0.146 e. The second kappa shape index (κ2) is 6.91. The van der Waals surface area contributed by atoms with Gasteiger partial charge in [0.15, 0.2) is 0 Å². The van der Waals surface area contributed by atoms with Crippen molar-refractivity contribution in [3.05, 3.63) is 77.3 Å². The molecule has 0 bridgehead atoms. The molecule has 4 rings (SSSR count). The molecule has 0 unspecified atom stereocenters. The van der Waals surface area contributed by atoms with Gasteiger partial charge in [0.05, 0.1) is 10.2 Å². The van der Waals surface area contributed by atoms with Crippen LogP contribution in [0.4, 0.5) is 0 Å². The second-order valence-corrected chi connectivity index (χ2v) is 6.73. The number of thiazole rings is 1. The van der Waals surface area contributed by atoms with Crippen molar-refractivity contribution in [1.29, 1.82) is 0 Å². The van der Waals surface area contributed by atoms with E-state index < -0.39 is 0 Å². The van der Waals surface area contributed by atoms with Gasteiger partial charge < -0.3 is 9.30 Å². The molecular weight excluding hydrogens is 330 g/mol. The molecule has 4 aromatic rings. The topological polar surface area (TPSA) is 39.9 Å². The molecule has 0 aliphatic carbocycles. The predicted octanol–water partition coefficient (Wildman–Crippen LogP) is 4.78. The molecule has 0 fully saturated rings. The van der Waals surface area contributed by atoms with E-state index in [0.717, 1.165) is 27.7 Å². The summed E-state index contributed by atoms with van der Waals surface area (Å²) in [5.74, 6) is 1.74. The Morgan fingerprint density at radius 1 is 1.08 bits per heavy atom. The molecule has 2 heterocycles. The Bertz CT molecular complexity index is 982. The van der Waals surface area contributed by atoms with Crippen LogP contribution in [0.25, 0.3) is 22.4 Å². The molecule has 25 heavy (non-hydrogen) atoms. The molecule has 0 saturated heterocycles. The van der Waals surface area contributed by atoms with Gasteiger partial charge in [-0.25, -0.2) is 9.97 Å². The number of aryl methyl sites for hydroxylation is 1. The maximum Gasteiger partial charge on any atom is 0.146 e. The van der Waals surface area contributed by atoms with Crippen molar-refractivity contribution in [2.24, 2.45) is 7.05 Å². The van der Waals surface area contributed by atoms with Crippen LogP contribution in [-0.4, -0.2) is 14.5 Å². The Hall–Kier alpha value is -2.92. The van der Waals surface area contributed by atoms with Gasteiger partial charge in [0, 0.05) is 19.4 Å². The maximum atomic E-state index is 5.77. The minimum Gasteiger partial charge on any atom is -0.486 e. The first kappa shape index (κ1) is 15.6. The summed E-state index contributed by atoms with van der Waals surface area (Å²) in [6.07, 6.45) is 7.80. The first-order chi connectivity index (χ1) is 12.3. The van der Waals surface area contributed by atoms with Gasteiger partial charge in [0.2, 0.25) is 0 Å². The van der Waals surface area contributed by atoms with E-state index in [1.54, 1.807) is 17.5 Å². The number of hydrogen-bond acceptors (Lipinski definition) is 4. The van der Waals surface area contributed by atoms with Gasteiger partial charge in [-0.15, -0.1) is 11.3 Å². The molecule has 4 nitrogen and oxygen atoms in total. The van der Waals surface area contributed by atoms with Crippen LogP contribution in [-0.2, 0) is 13.7 Å². The highest BCUT2D eigenvalue weighted by molar-refractivity contribution is 7.19. The minimum absolute atomic E-state index is 0.463. The summed E-state index contributed by atoms with van der Waals surface area (Å²) in [6, 6.07) is 16.2. The van der Waals surface area contributed by atoms with Crippen LogP contribution in [0.1, 0.15) is 16.4 Å². The SMILES string of the molecule is Cn1ccnc1COc1ccc(C=Cc2nc3ccccc3s2)cc1. The van der Waals surface area contributed by atoms with Crippen LogP contribution in [0.5, 0.6) is 5.75 Å². The molecule has 0 radical (unpaired) electrons. The predicted molar refractivity (Wildman–Crippen MR) is 103 cm³/mol. The van der Waals surface area contributed by atoms with Crippen molar-refractivity contribution in [2.45, 2.75) is 6.61 Å². The maximum absolute atomic E-state index is 5.77. The van der Waals surface area contributed by atoms with Crippen molar-refractivity contribution >= 4 is 33.7 Å². The van der Waals surface area contributed by atoms with Gasteiger partial charge in [-0.05, 0) is 35.9 Å². The van der Waals surface area contributed by atoms with E-state index in [9.17, 15) is 0 Å². The molecule has 0 N–H and O–H groups in total. The summed E-state index contributed by atoms with van der Waals surface area (Å²) in [4.78, 5) is 8.86. The molecule has 2 aromatic carbocycles. The number of fused-ring (bicyclic) bond motifs is 1. The fourth-order valence-corrected chi connectivity index (χ4v) is 3.36. The summed E-state index contributed by atoms with van der Waals surface area (Å²) in [7, 11) is 1.96. The first-order valence-corrected chi connectivity index (χ1v) is 8.82. The highest BCUT2D eigenvalue weighted by Gasteiger charge is 2.01. The number of imidazole rings is 1. The van der Waals surface area contributed by atoms with E-state index in [4.69, 9.17) is 4.74 Å². The Balaban J connectivity index is 1.42. The van der Waals surface area contributed by atoms with Crippen molar-refractivity contribution in [2.75, 3.05) is 0 Å². The van der Waals surface area contributed by atoms with Gasteiger partial charge >= 0.3 is 0 Å². The third-order valence-corrected chi connectivity index (χ3v) is 4.90. The van der Waals surface area contributed by atoms with E-state index in [2.05, 4.69) is 28.2 Å². The van der Waals surface area contributed by atoms with Gasteiger partial charge in [-0.1, -0.05) is 30.3 Å². The molecule has 5 heteroatoms. The molecule has 0 aliphatic heterocycles. The number of ether oxygens (including phenoxy) is 1. The normalized spacial score (nSPS) is 11.4.